The van der Waals surface area contributed by atoms with Crippen LogP contribution in [0.4, 0.5) is 5.82 Å². The number of sulfonamides is 1. The van der Waals surface area contributed by atoms with Gasteiger partial charge < -0.3 is 14.8 Å². The van der Waals surface area contributed by atoms with Crippen LogP contribution in [0.5, 0.6) is 11.5 Å². The Morgan fingerprint density at radius 3 is 2.38 bits per heavy atom. The van der Waals surface area contributed by atoms with E-state index in [1.54, 1.807) is 35.9 Å². The highest BCUT2D eigenvalue weighted by atomic mass is 32.2. The zero-order valence-corrected chi connectivity index (χ0v) is 19.4. The van der Waals surface area contributed by atoms with Gasteiger partial charge in [0.2, 0.25) is 10.0 Å². The number of anilines is 1. The van der Waals surface area contributed by atoms with Crippen molar-refractivity contribution in [2.75, 3.05) is 31.6 Å². The third-order valence-corrected chi connectivity index (χ3v) is 5.90. The fourth-order valence-electron chi connectivity index (χ4n) is 3.08. The van der Waals surface area contributed by atoms with Gasteiger partial charge in [-0.25, -0.2) is 17.8 Å². The summed E-state index contributed by atoms with van der Waals surface area (Å²) < 4.78 is 40.8. The molecule has 0 aliphatic rings. The Morgan fingerprint density at radius 2 is 1.75 bits per heavy atom. The Bertz CT molecular complexity index is 1150. The SMILES string of the molecule is CCOc1ccc(OCC)c(S(=O)(=O)NCCNc2ccc(-n3nc(C)cc3C)nn2)c1. The molecule has 2 aromatic heterocycles. The first-order valence-electron chi connectivity index (χ1n) is 10.3. The number of nitrogens with one attached hydrogen (secondary N) is 2. The molecule has 0 amide bonds. The standard InChI is InChI=1S/C21H28N6O4S/c1-5-30-17-7-8-18(31-6-2)19(14-17)32(28,29)23-12-11-22-20-9-10-21(25-24-20)27-16(4)13-15(3)26-27/h7-10,13-14,23H,5-6,11-12H2,1-4H3,(H,22,24). The van der Waals surface area contributed by atoms with Gasteiger partial charge in [0.15, 0.2) is 5.82 Å². The van der Waals surface area contributed by atoms with E-state index in [2.05, 4.69) is 25.3 Å². The second-order valence-electron chi connectivity index (χ2n) is 6.91. The van der Waals surface area contributed by atoms with Crippen molar-refractivity contribution in [1.82, 2.24) is 24.7 Å². The summed E-state index contributed by atoms with van der Waals surface area (Å²) in [6, 6.07) is 10.3. The van der Waals surface area contributed by atoms with E-state index in [0.29, 0.717) is 37.1 Å². The molecule has 0 unspecified atom stereocenters. The monoisotopic (exact) mass is 460 g/mol. The van der Waals surface area contributed by atoms with Gasteiger partial charge in [-0.15, -0.1) is 10.2 Å². The van der Waals surface area contributed by atoms with Gasteiger partial charge in [0, 0.05) is 24.8 Å². The Morgan fingerprint density at radius 1 is 0.969 bits per heavy atom. The van der Waals surface area contributed by atoms with Crippen LogP contribution in [0.1, 0.15) is 25.2 Å². The molecule has 0 radical (unpaired) electrons. The van der Waals surface area contributed by atoms with Crippen molar-refractivity contribution in [2.24, 2.45) is 0 Å². The molecule has 3 rings (SSSR count). The summed E-state index contributed by atoms with van der Waals surface area (Å²) in [6.07, 6.45) is 0. The van der Waals surface area contributed by atoms with E-state index in [1.165, 1.54) is 6.07 Å². The average molecular weight is 461 g/mol. The van der Waals surface area contributed by atoms with Crippen LogP contribution < -0.4 is 19.5 Å². The fourth-order valence-corrected chi connectivity index (χ4v) is 4.27. The smallest absolute Gasteiger partial charge is 0.244 e. The number of hydrogen-bond acceptors (Lipinski definition) is 8. The molecule has 10 nitrogen and oxygen atoms in total. The zero-order valence-electron chi connectivity index (χ0n) is 18.6. The molecule has 0 bridgehead atoms. The maximum absolute atomic E-state index is 12.8. The van der Waals surface area contributed by atoms with Gasteiger partial charge in [0.1, 0.15) is 22.2 Å². The summed E-state index contributed by atoms with van der Waals surface area (Å²) in [5, 5.41) is 15.7. The number of rotatable bonds is 11. The molecule has 0 fully saturated rings. The number of nitrogens with zero attached hydrogens (tertiary/aromatic N) is 4. The summed E-state index contributed by atoms with van der Waals surface area (Å²) in [5.74, 6) is 1.89. The molecule has 0 aliphatic heterocycles. The summed E-state index contributed by atoms with van der Waals surface area (Å²) in [7, 11) is -3.80. The van der Waals surface area contributed by atoms with Crippen molar-refractivity contribution >= 4 is 15.8 Å². The maximum atomic E-state index is 12.8. The summed E-state index contributed by atoms with van der Waals surface area (Å²) in [4.78, 5) is 0.0410. The molecule has 2 heterocycles. The Balaban J connectivity index is 1.60. The molecular weight excluding hydrogens is 432 g/mol. The van der Waals surface area contributed by atoms with Crippen LogP contribution in [0.2, 0.25) is 0 Å². The third-order valence-electron chi connectivity index (χ3n) is 4.42. The highest BCUT2D eigenvalue weighted by molar-refractivity contribution is 7.89. The number of aromatic nitrogens is 4. The second-order valence-corrected chi connectivity index (χ2v) is 8.65. The number of benzene rings is 1. The van der Waals surface area contributed by atoms with E-state index in [0.717, 1.165) is 11.4 Å². The van der Waals surface area contributed by atoms with Crippen LogP contribution in [-0.4, -0.2) is 54.7 Å². The predicted octanol–water partition coefficient (Wildman–Crippen LogP) is 2.47. The van der Waals surface area contributed by atoms with Crippen LogP contribution in [0.15, 0.2) is 41.3 Å². The number of hydrogen-bond donors (Lipinski definition) is 2. The summed E-state index contributed by atoms with van der Waals surface area (Å²) in [5.41, 5.74) is 1.87. The molecule has 1 aromatic carbocycles. The van der Waals surface area contributed by atoms with Crippen molar-refractivity contribution in [1.29, 1.82) is 0 Å². The van der Waals surface area contributed by atoms with Crippen molar-refractivity contribution in [2.45, 2.75) is 32.6 Å². The molecule has 2 N–H and O–H groups in total. The first kappa shape index (κ1) is 23.5. The lowest BCUT2D eigenvalue weighted by atomic mass is 10.3. The van der Waals surface area contributed by atoms with E-state index in [-0.39, 0.29) is 17.2 Å². The first-order chi connectivity index (χ1) is 15.3. The molecule has 0 atom stereocenters. The van der Waals surface area contributed by atoms with Gasteiger partial charge in [0.25, 0.3) is 0 Å². The normalized spacial score (nSPS) is 11.4. The Kier molecular flexibility index (Phi) is 7.65. The lowest BCUT2D eigenvalue weighted by Gasteiger charge is -2.14. The number of aryl methyl sites for hydroxylation is 2. The summed E-state index contributed by atoms with van der Waals surface area (Å²) >= 11 is 0. The van der Waals surface area contributed by atoms with Crippen LogP contribution >= 0.6 is 0 Å². The van der Waals surface area contributed by atoms with Crippen molar-refractivity contribution < 1.29 is 17.9 Å². The minimum Gasteiger partial charge on any atom is -0.494 e. The van der Waals surface area contributed by atoms with Gasteiger partial charge >= 0.3 is 0 Å². The van der Waals surface area contributed by atoms with Gasteiger partial charge in [-0.1, -0.05) is 0 Å². The van der Waals surface area contributed by atoms with Crippen molar-refractivity contribution in [3.8, 4) is 17.3 Å². The van der Waals surface area contributed by atoms with Crippen molar-refractivity contribution in [3.05, 3.63) is 47.8 Å². The van der Waals surface area contributed by atoms with E-state index in [4.69, 9.17) is 9.47 Å². The van der Waals surface area contributed by atoms with Gasteiger partial charge in [-0.2, -0.15) is 5.10 Å². The van der Waals surface area contributed by atoms with Crippen molar-refractivity contribution in [3.63, 3.8) is 0 Å². The maximum Gasteiger partial charge on any atom is 0.244 e. The molecule has 0 saturated heterocycles. The Labute approximate surface area is 188 Å². The van der Waals surface area contributed by atoms with Gasteiger partial charge in [0.05, 0.1) is 18.9 Å². The molecule has 3 aromatic rings. The predicted molar refractivity (Wildman–Crippen MR) is 121 cm³/mol. The topological polar surface area (TPSA) is 120 Å². The minimum absolute atomic E-state index is 0.0410. The highest BCUT2D eigenvalue weighted by Gasteiger charge is 2.20. The van der Waals surface area contributed by atoms with E-state index >= 15 is 0 Å². The second kappa shape index (κ2) is 10.4. The lowest BCUT2D eigenvalue weighted by molar-refractivity contribution is 0.322. The van der Waals surface area contributed by atoms with Crippen LogP contribution in [-0.2, 0) is 10.0 Å². The van der Waals surface area contributed by atoms with Crippen LogP contribution in [0.3, 0.4) is 0 Å². The van der Waals surface area contributed by atoms with Crippen LogP contribution in [0.25, 0.3) is 5.82 Å². The molecule has 0 saturated carbocycles. The molecule has 0 aliphatic carbocycles. The summed E-state index contributed by atoms with van der Waals surface area (Å²) in [6.45, 7) is 8.75. The van der Waals surface area contributed by atoms with E-state index in [1.807, 2.05) is 26.8 Å². The van der Waals surface area contributed by atoms with E-state index in [9.17, 15) is 8.42 Å². The van der Waals surface area contributed by atoms with Gasteiger partial charge in [-0.3, -0.25) is 0 Å². The number of ether oxygens (including phenoxy) is 2. The fraction of sp³-hybridized carbons (Fsp3) is 0.381. The molecule has 172 valence electrons. The molecular formula is C21H28N6O4S. The Hall–Kier alpha value is -3.18. The lowest BCUT2D eigenvalue weighted by Crippen LogP contribution is -2.29. The highest BCUT2D eigenvalue weighted by Crippen LogP contribution is 2.28. The zero-order chi connectivity index (χ0) is 23.1. The largest absolute Gasteiger partial charge is 0.494 e. The average Bonchev–Trinajstić information content (AvgIpc) is 3.11. The third kappa shape index (κ3) is 5.74. The quantitative estimate of drug-likeness (QED) is 0.419. The molecule has 0 spiro atoms. The minimum atomic E-state index is -3.80. The van der Waals surface area contributed by atoms with Crippen LogP contribution in [0, 0.1) is 13.8 Å². The van der Waals surface area contributed by atoms with Gasteiger partial charge in [-0.05, 0) is 58.0 Å². The molecule has 11 heteroatoms. The first-order valence-corrected chi connectivity index (χ1v) is 11.8. The molecule has 32 heavy (non-hydrogen) atoms. The van der Waals surface area contributed by atoms with E-state index < -0.39 is 10.0 Å².